The first-order chi connectivity index (χ1) is 8.56. The first-order valence-corrected chi connectivity index (χ1v) is 6.75. The summed E-state index contributed by atoms with van der Waals surface area (Å²) in [5.74, 6) is -0.697. The van der Waals surface area contributed by atoms with Gasteiger partial charge in [-0.25, -0.2) is 4.79 Å². The molecule has 1 aliphatic rings. The highest BCUT2D eigenvalue weighted by molar-refractivity contribution is 7.10. The van der Waals surface area contributed by atoms with Gasteiger partial charge in [0, 0.05) is 23.9 Å². The molecule has 0 spiro atoms. The Morgan fingerprint density at radius 3 is 2.89 bits per heavy atom. The van der Waals surface area contributed by atoms with Gasteiger partial charge in [0.25, 0.3) is 0 Å². The molecule has 2 heterocycles. The summed E-state index contributed by atoms with van der Waals surface area (Å²) >= 11 is 1.61. The molecule has 1 aliphatic heterocycles. The van der Waals surface area contributed by atoms with E-state index in [0.29, 0.717) is 13.1 Å². The number of aliphatic carboxylic acids is 1. The maximum absolute atomic E-state index is 11.8. The van der Waals surface area contributed by atoms with E-state index >= 15 is 0 Å². The lowest BCUT2D eigenvalue weighted by Crippen LogP contribution is -2.54. The van der Waals surface area contributed by atoms with Gasteiger partial charge >= 0.3 is 12.0 Å². The fourth-order valence-corrected chi connectivity index (χ4v) is 2.73. The molecule has 1 atom stereocenters. The van der Waals surface area contributed by atoms with Crippen LogP contribution < -0.4 is 5.32 Å². The van der Waals surface area contributed by atoms with Crippen molar-refractivity contribution >= 4 is 23.3 Å². The molecule has 2 amide bonds. The lowest BCUT2D eigenvalue weighted by molar-refractivity contribution is -0.139. The Labute approximate surface area is 109 Å². The van der Waals surface area contributed by atoms with E-state index in [9.17, 15) is 9.59 Å². The fraction of sp³-hybridized carbons (Fsp3) is 0.500. The fourth-order valence-electron chi connectivity index (χ4n) is 2.00. The van der Waals surface area contributed by atoms with E-state index < -0.39 is 5.97 Å². The number of nitrogens with zero attached hydrogens (tertiary/aromatic N) is 1. The maximum Gasteiger partial charge on any atom is 0.317 e. The zero-order chi connectivity index (χ0) is 13.1. The van der Waals surface area contributed by atoms with E-state index in [2.05, 4.69) is 5.32 Å². The van der Waals surface area contributed by atoms with Crippen LogP contribution in [0.25, 0.3) is 0 Å². The van der Waals surface area contributed by atoms with Crippen molar-refractivity contribution in [1.29, 1.82) is 0 Å². The molecule has 1 aromatic rings. The predicted octanol–water partition coefficient (Wildman–Crippen LogP) is 1.93. The minimum Gasteiger partial charge on any atom is -0.481 e. The van der Waals surface area contributed by atoms with Gasteiger partial charge < -0.3 is 15.3 Å². The lowest BCUT2D eigenvalue weighted by Gasteiger charge is -2.39. The van der Waals surface area contributed by atoms with Crippen LogP contribution in [0.1, 0.15) is 24.3 Å². The summed E-state index contributed by atoms with van der Waals surface area (Å²) in [7, 11) is 0. The zero-order valence-corrected chi connectivity index (χ0v) is 10.9. The summed E-state index contributed by atoms with van der Waals surface area (Å²) in [5, 5.41) is 13.5. The second kappa shape index (κ2) is 5.39. The highest BCUT2D eigenvalue weighted by Crippen LogP contribution is 2.22. The van der Waals surface area contributed by atoms with Crippen molar-refractivity contribution in [1.82, 2.24) is 10.2 Å². The smallest absolute Gasteiger partial charge is 0.317 e. The second-order valence-electron chi connectivity index (χ2n) is 4.56. The number of thiophene rings is 1. The van der Waals surface area contributed by atoms with Gasteiger partial charge in [0.2, 0.25) is 0 Å². The van der Waals surface area contributed by atoms with Gasteiger partial charge in [-0.2, -0.15) is 0 Å². The van der Waals surface area contributed by atoms with Gasteiger partial charge in [0.05, 0.1) is 12.5 Å². The number of hydrogen-bond acceptors (Lipinski definition) is 3. The molecular weight excluding hydrogens is 252 g/mol. The third kappa shape index (κ3) is 3.01. The molecule has 1 fully saturated rings. The van der Waals surface area contributed by atoms with Gasteiger partial charge in [-0.1, -0.05) is 6.07 Å². The van der Waals surface area contributed by atoms with E-state index in [-0.39, 0.29) is 24.4 Å². The minimum atomic E-state index is -0.799. The van der Waals surface area contributed by atoms with Crippen LogP contribution in [0.15, 0.2) is 17.5 Å². The van der Waals surface area contributed by atoms with Gasteiger partial charge in [0.1, 0.15) is 0 Å². The zero-order valence-electron chi connectivity index (χ0n) is 10.1. The first kappa shape index (κ1) is 12.9. The number of likely N-dealkylation sites (tertiary alicyclic amines) is 1. The first-order valence-electron chi connectivity index (χ1n) is 5.87. The quantitative estimate of drug-likeness (QED) is 0.876. The number of rotatable bonds is 4. The summed E-state index contributed by atoms with van der Waals surface area (Å²) in [6, 6.07) is 3.82. The molecule has 1 unspecified atom stereocenters. The predicted molar refractivity (Wildman–Crippen MR) is 68.6 cm³/mol. The van der Waals surface area contributed by atoms with Crippen molar-refractivity contribution in [2.45, 2.75) is 19.4 Å². The standard InChI is InChI=1S/C12H16N2O3S/c1-8(10-3-2-4-18-10)13-12(17)14-6-9(7-14)5-11(15)16/h2-4,8-9H,5-7H2,1H3,(H,13,17)(H,15,16). The number of nitrogens with one attached hydrogen (secondary N) is 1. The number of carbonyl (C=O) groups is 2. The molecule has 1 aromatic heterocycles. The van der Waals surface area contributed by atoms with E-state index in [1.54, 1.807) is 16.2 Å². The summed E-state index contributed by atoms with van der Waals surface area (Å²) in [6.45, 7) is 3.02. The molecule has 0 aliphatic carbocycles. The van der Waals surface area contributed by atoms with Gasteiger partial charge in [-0.15, -0.1) is 11.3 Å². The van der Waals surface area contributed by atoms with E-state index in [1.807, 2.05) is 24.4 Å². The Hall–Kier alpha value is -1.56. The average molecular weight is 268 g/mol. The molecule has 2 rings (SSSR count). The Balaban J connectivity index is 1.75. The molecule has 0 aromatic carbocycles. The van der Waals surface area contributed by atoms with Gasteiger partial charge in [-0.3, -0.25) is 4.79 Å². The van der Waals surface area contributed by atoms with Crippen LogP contribution >= 0.6 is 11.3 Å². The van der Waals surface area contributed by atoms with Gasteiger partial charge in [-0.05, 0) is 18.4 Å². The number of hydrogen-bond donors (Lipinski definition) is 2. The van der Waals surface area contributed by atoms with Crippen molar-refractivity contribution in [2.75, 3.05) is 13.1 Å². The van der Waals surface area contributed by atoms with Crippen LogP contribution in [-0.2, 0) is 4.79 Å². The van der Waals surface area contributed by atoms with Crippen LogP contribution in [0.3, 0.4) is 0 Å². The lowest BCUT2D eigenvalue weighted by atomic mass is 9.97. The third-order valence-electron chi connectivity index (χ3n) is 3.02. The highest BCUT2D eigenvalue weighted by atomic mass is 32.1. The molecule has 2 N–H and O–H groups in total. The molecule has 0 bridgehead atoms. The molecule has 18 heavy (non-hydrogen) atoms. The molecule has 6 heteroatoms. The van der Waals surface area contributed by atoms with Crippen LogP contribution in [0.2, 0.25) is 0 Å². The second-order valence-corrected chi connectivity index (χ2v) is 5.53. The van der Waals surface area contributed by atoms with Crippen molar-refractivity contribution in [3.8, 4) is 0 Å². The number of carboxylic acid groups (broad SMARTS) is 1. The van der Waals surface area contributed by atoms with Crippen molar-refractivity contribution < 1.29 is 14.7 Å². The summed E-state index contributed by atoms with van der Waals surface area (Å²) < 4.78 is 0. The molecule has 5 nitrogen and oxygen atoms in total. The molecular formula is C12H16N2O3S. The minimum absolute atomic E-state index is 0.00368. The molecule has 1 saturated heterocycles. The Morgan fingerprint density at radius 2 is 2.33 bits per heavy atom. The SMILES string of the molecule is CC(NC(=O)N1CC(CC(=O)O)C1)c1cccs1. The summed E-state index contributed by atoms with van der Waals surface area (Å²) in [6.07, 6.45) is 0.143. The number of amides is 2. The van der Waals surface area contributed by atoms with Crippen LogP contribution in [0, 0.1) is 5.92 Å². The monoisotopic (exact) mass is 268 g/mol. The van der Waals surface area contributed by atoms with Crippen molar-refractivity contribution in [3.63, 3.8) is 0 Å². The van der Waals surface area contributed by atoms with Crippen LogP contribution in [0.4, 0.5) is 4.79 Å². The number of carbonyl (C=O) groups excluding carboxylic acids is 1. The number of carboxylic acids is 1. The summed E-state index contributed by atoms with van der Waals surface area (Å²) in [5.41, 5.74) is 0. The Kier molecular flexibility index (Phi) is 3.86. The summed E-state index contributed by atoms with van der Waals surface area (Å²) in [4.78, 5) is 25.1. The molecule has 0 saturated carbocycles. The third-order valence-corrected chi connectivity index (χ3v) is 4.07. The Morgan fingerprint density at radius 1 is 1.61 bits per heavy atom. The van der Waals surface area contributed by atoms with Crippen LogP contribution in [0.5, 0.6) is 0 Å². The molecule has 98 valence electrons. The Bertz CT molecular complexity index is 427. The highest BCUT2D eigenvalue weighted by Gasteiger charge is 2.32. The van der Waals surface area contributed by atoms with Crippen LogP contribution in [-0.4, -0.2) is 35.1 Å². The average Bonchev–Trinajstić information content (AvgIpc) is 2.75. The van der Waals surface area contributed by atoms with E-state index in [4.69, 9.17) is 5.11 Å². The topological polar surface area (TPSA) is 69.6 Å². The van der Waals surface area contributed by atoms with Crippen molar-refractivity contribution in [3.05, 3.63) is 22.4 Å². The largest absolute Gasteiger partial charge is 0.481 e. The number of urea groups is 1. The van der Waals surface area contributed by atoms with E-state index in [1.165, 1.54) is 0 Å². The maximum atomic E-state index is 11.8. The van der Waals surface area contributed by atoms with E-state index in [0.717, 1.165) is 4.88 Å². The molecule has 0 radical (unpaired) electrons. The normalized spacial score (nSPS) is 17.1. The van der Waals surface area contributed by atoms with Gasteiger partial charge in [0.15, 0.2) is 0 Å². The van der Waals surface area contributed by atoms with Crippen molar-refractivity contribution in [2.24, 2.45) is 5.92 Å².